The Morgan fingerprint density at radius 3 is 2.78 bits per heavy atom. The molecule has 0 atom stereocenters. The largest absolute Gasteiger partial charge is 0.345 e. The minimum Gasteiger partial charge on any atom is -0.345 e. The number of nitrogens with zero attached hydrogens (tertiary/aromatic N) is 4. The molecule has 23 heavy (non-hydrogen) atoms. The van der Waals surface area contributed by atoms with Gasteiger partial charge in [-0.3, -0.25) is 9.78 Å². The van der Waals surface area contributed by atoms with Gasteiger partial charge < -0.3 is 14.6 Å². The van der Waals surface area contributed by atoms with Crippen LogP contribution in [0.1, 0.15) is 21.9 Å². The van der Waals surface area contributed by atoms with Crippen molar-refractivity contribution in [3.63, 3.8) is 0 Å². The average Bonchev–Trinajstić information content (AvgIpc) is 2.92. The van der Waals surface area contributed by atoms with E-state index in [2.05, 4.69) is 15.3 Å². The van der Waals surface area contributed by atoms with E-state index in [4.69, 9.17) is 0 Å². The number of pyridine rings is 2. The number of rotatable bonds is 5. The Hall–Kier alpha value is -2.73. The molecular weight excluding hydrogens is 290 g/mol. The van der Waals surface area contributed by atoms with E-state index < -0.39 is 0 Å². The number of carbonyl (C=O) groups excluding carboxylic acids is 1. The second kappa shape index (κ2) is 6.58. The summed E-state index contributed by atoms with van der Waals surface area (Å²) in [6.45, 7) is 1.02. The third kappa shape index (κ3) is 3.37. The monoisotopic (exact) mass is 309 g/mol. The molecule has 0 aliphatic rings. The van der Waals surface area contributed by atoms with Crippen molar-refractivity contribution in [2.45, 2.75) is 13.1 Å². The first kappa shape index (κ1) is 15.2. The zero-order valence-corrected chi connectivity index (χ0v) is 13.2. The van der Waals surface area contributed by atoms with Gasteiger partial charge in [-0.1, -0.05) is 12.1 Å². The fourth-order valence-corrected chi connectivity index (χ4v) is 2.44. The molecule has 3 aromatic heterocycles. The van der Waals surface area contributed by atoms with Gasteiger partial charge in [0, 0.05) is 18.9 Å². The zero-order chi connectivity index (χ0) is 16.2. The van der Waals surface area contributed by atoms with Gasteiger partial charge in [0.15, 0.2) is 5.69 Å². The summed E-state index contributed by atoms with van der Waals surface area (Å²) in [7, 11) is 3.94. The van der Waals surface area contributed by atoms with E-state index >= 15 is 0 Å². The van der Waals surface area contributed by atoms with Crippen LogP contribution in [-0.2, 0) is 13.1 Å². The minimum absolute atomic E-state index is 0.184. The number of nitrogens with one attached hydrogen (secondary N) is 1. The summed E-state index contributed by atoms with van der Waals surface area (Å²) in [6, 6.07) is 11.4. The van der Waals surface area contributed by atoms with E-state index in [0.29, 0.717) is 18.8 Å². The van der Waals surface area contributed by atoms with E-state index in [1.807, 2.05) is 66.0 Å². The van der Waals surface area contributed by atoms with Gasteiger partial charge in [0.05, 0.1) is 17.9 Å². The molecule has 0 bridgehead atoms. The molecule has 0 fully saturated rings. The summed E-state index contributed by atoms with van der Waals surface area (Å²) in [5.74, 6) is -0.184. The maximum absolute atomic E-state index is 12.6. The maximum atomic E-state index is 12.6. The fraction of sp³-hybridized carbons (Fsp3) is 0.235. The van der Waals surface area contributed by atoms with Gasteiger partial charge in [-0.05, 0) is 38.4 Å². The van der Waals surface area contributed by atoms with Crippen molar-refractivity contribution in [1.29, 1.82) is 0 Å². The number of carbonyl (C=O) groups is 1. The molecule has 0 spiro atoms. The van der Waals surface area contributed by atoms with Crippen molar-refractivity contribution < 1.29 is 4.79 Å². The van der Waals surface area contributed by atoms with Crippen LogP contribution in [0, 0.1) is 0 Å². The van der Waals surface area contributed by atoms with Crippen LogP contribution in [-0.4, -0.2) is 39.3 Å². The molecule has 0 unspecified atom stereocenters. The molecule has 1 N–H and O–H groups in total. The number of amides is 1. The summed E-state index contributed by atoms with van der Waals surface area (Å²) in [5.41, 5.74) is 2.93. The lowest BCUT2D eigenvalue weighted by Gasteiger charge is -2.11. The zero-order valence-electron chi connectivity index (χ0n) is 13.2. The Balaban J connectivity index is 1.87. The Labute approximate surface area is 134 Å². The molecule has 0 aliphatic heterocycles. The van der Waals surface area contributed by atoms with E-state index in [1.165, 1.54) is 0 Å². The molecule has 0 aliphatic carbocycles. The summed E-state index contributed by atoms with van der Waals surface area (Å²) in [5, 5.41) is 2.89. The predicted octanol–water partition coefficient (Wildman–Crippen LogP) is 1.72. The van der Waals surface area contributed by atoms with Crippen LogP contribution in [0.5, 0.6) is 0 Å². The standard InChI is InChI=1S/C17H19N5O/c1-21(2)12-14-16(20-15-8-4-6-10-22(14)15)17(23)19-11-13-7-3-5-9-18-13/h3-10H,11-12H2,1-2H3,(H,19,23). The molecule has 3 rings (SSSR count). The van der Waals surface area contributed by atoms with Crippen LogP contribution in [0.4, 0.5) is 0 Å². The molecule has 0 saturated carbocycles. The first-order valence-electron chi connectivity index (χ1n) is 7.44. The molecule has 0 aromatic carbocycles. The highest BCUT2D eigenvalue weighted by Gasteiger charge is 2.19. The van der Waals surface area contributed by atoms with Crippen LogP contribution in [0.15, 0.2) is 48.8 Å². The van der Waals surface area contributed by atoms with Crippen molar-refractivity contribution in [1.82, 2.24) is 24.6 Å². The lowest BCUT2D eigenvalue weighted by atomic mass is 10.2. The van der Waals surface area contributed by atoms with Crippen molar-refractivity contribution in [2.24, 2.45) is 0 Å². The van der Waals surface area contributed by atoms with Gasteiger partial charge in [-0.15, -0.1) is 0 Å². The SMILES string of the molecule is CN(C)Cc1c(C(=O)NCc2ccccn2)nc2ccccn12. The van der Waals surface area contributed by atoms with Gasteiger partial charge in [0.2, 0.25) is 0 Å². The lowest BCUT2D eigenvalue weighted by Crippen LogP contribution is -2.26. The quantitative estimate of drug-likeness (QED) is 0.779. The third-order valence-electron chi connectivity index (χ3n) is 3.47. The summed E-state index contributed by atoms with van der Waals surface area (Å²) in [4.78, 5) is 23.3. The molecule has 1 amide bonds. The number of hydrogen-bond donors (Lipinski definition) is 1. The van der Waals surface area contributed by atoms with Crippen LogP contribution in [0.3, 0.4) is 0 Å². The average molecular weight is 309 g/mol. The van der Waals surface area contributed by atoms with E-state index in [-0.39, 0.29) is 5.91 Å². The summed E-state index contributed by atoms with van der Waals surface area (Å²) < 4.78 is 1.95. The number of hydrogen-bond acceptors (Lipinski definition) is 4. The van der Waals surface area contributed by atoms with E-state index in [0.717, 1.165) is 17.0 Å². The molecule has 6 nitrogen and oxygen atoms in total. The van der Waals surface area contributed by atoms with Gasteiger partial charge in [-0.2, -0.15) is 0 Å². The Morgan fingerprint density at radius 2 is 2.04 bits per heavy atom. The lowest BCUT2D eigenvalue weighted by molar-refractivity contribution is 0.0944. The Kier molecular flexibility index (Phi) is 4.34. The van der Waals surface area contributed by atoms with Crippen LogP contribution >= 0.6 is 0 Å². The van der Waals surface area contributed by atoms with Crippen molar-refractivity contribution in [3.8, 4) is 0 Å². The number of aromatic nitrogens is 3. The van der Waals surface area contributed by atoms with Crippen LogP contribution in [0.25, 0.3) is 5.65 Å². The first-order valence-corrected chi connectivity index (χ1v) is 7.44. The fourth-order valence-electron chi connectivity index (χ4n) is 2.44. The number of fused-ring (bicyclic) bond motifs is 1. The molecule has 0 saturated heterocycles. The van der Waals surface area contributed by atoms with Crippen molar-refractivity contribution in [2.75, 3.05) is 14.1 Å². The molecular formula is C17H19N5O. The molecule has 3 aromatic rings. The van der Waals surface area contributed by atoms with Crippen molar-refractivity contribution >= 4 is 11.6 Å². The molecule has 0 radical (unpaired) electrons. The third-order valence-corrected chi connectivity index (χ3v) is 3.47. The van der Waals surface area contributed by atoms with Gasteiger partial charge in [0.25, 0.3) is 5.91 Å². The highest BCUT2D eigenvalue weighted by atomic mass is 16.1. The molecule has 118 valence electrons. The summed E-state index contributed by atoms with van der Waals surface area (Å²) in [6.07, 6.45) is 3.64. The van der Waals surface area contributed by atoms with Crippen LogP contribution in [0.2, 0.25) is 0 Å². The smallest absolute Gasteiger partial charge is 0.272 e. The Morgan fingerprint density at radius 1 is 1.22 bits per heavy atom. The highest BCUT2D eigenvalue weighted by Crippen LogP contribution is 2.14. The Bertz CT molecular complexity index is 810. The molecule has 3 heterocycles. The first-order chi connectivity index (χ1) is 11.1. The number of imidazole rings is 1. The normalized spacial score (nSPS) is 11.1. The van der Waals surface area contributed by atoms with Gasteiger partial charge >= 0.3 is 0 Å². The second-order valence-corrected chi connectivity index (χ2v) is 5.58. The highest BCUT2D eigenvalue weighted by molar-refractivity contribution is 5.94. The predicted molar refractivity (Wildman–Crippen MR) is 88.0 cm³/mol. The topological polar surface area (TPSA) is 62.5 Å². The van der Waals surface area contributed by atoms with E-state index in [1.54, 1.807) is 6.20 Å². The van der Waals surface area contributed by atoms with Crippen molar-refractivity contribution in [3.05, 3.63) is 65.9 Å². The van der Waals surface area contributed by atoms with Crippen LogP contribution < -0.4 is 5.32 Å². The van der Waals surface area contributed by atoms with Gasteiger partial charge in [0.1, 0.15) is 5.65 Å². The van der Waals surface area contributed by atoms with E-state index in [9.17, 15) is 4.79 Å². The molecule has 6 heteroatoms. The second-order valence-electron chi connectivity index (χ2n) is 5.58. The van der Waals surface area contributed by atoms with Gasteiger partial charge in [-0.25, -0.2) is 4.98 Å². The maximum Gasteiger partial charge on any atom is 0.272 e. The summed E-state index contributed by atoms with van der Waals surface area (Å²) >= 11 is 0. The minimum atomic E-state index is -0.184.